The Balaban J connectivity index is 2.93. The molecule has 0 saturated carbocycles. The molecule has 5 nitrogen and oxygen atoms in total. The Hall–Kier alpha value is -1.75. The maximum atomic E-state index is 11.0. The first-order chi connectivity index (χ1) is 10.6. The lowest BCUT2D eigenvalue weighted by Gasteiger charge is -2.40. The molecule has 2 atom stereocenters. The molecule has 0 saturated heterocycles. The van der Waals surface area contributed by atoms with Gasteiger partial charge in [0.25, 0.3) is 0 Å². The van der Waals surface area contributed by atoms with Gasteiger partial charge in [-0.25, -0.2) is 4.79 Å². The van der Waals surface area contributed by atoms with E-state index in [1.165, 1.54) is 0 Å². The van der Waals surface area contributed by atoms with Gasteiger partial charge in [-0.3, -0.25) is 0 Å². The first-order valence-corrected chi connectivity index (χ1v) is 8.02. The van der Waals surface area contributed by atoms with Crippen LogP contribution >= 0.6 is 0 Å². The smallest absolute Gasteiger partial charge is 0.404 e. The molecule has 1 aromatic carbocycles. The highest BCUT2D eigenvalue weighted by molar-refractivity contribution is 5.64. The van der Waals surface area contributed by atoms with Crippen molar-refractivity contribution in [1.29, 1.82) is 0 Å². The van der Waals surface area contributed by atoms with E-state index in [0.29, 0.717) is 18.1 Å². The van der Waals surface area contributed by atoms with Gasteiger partial charge in [0, 0.05) is 0 Å². The van der Waals surface area contributed by atoms with Gasteiger partial charge in [-0.15, -0.1) is 0 Å². The molecule has 0 fully saturated rings. The Morgan fingerprint density at radius 1 is 1.26 bits per heavy atom. The standard InChI is InChI=1S/C18H29NO4/c1-6-13(2)11-23-15-9-7-14(8-10-15)18(22,17(3,4)5)12-19-16(20)21/h7-10,13,19,22H,6,11-12H2,1-5H3,(H,20,21)/t13-,18-/m0/s1. The number of aliphatic hydroxyl groups is 1. The van der Waals surface area contributed by atoms with Crippen LogP contribution in [-0.2, 0) is 5.60 Å². The van der Waals surface area contributed by atoms with Crippen LogP contribution in [0.25, 0.3) is 0 Å². The molecule has 0 unspecified atom stereocenters. The van der Waals surface area contributed by atoms with Gasteiger partial charge in [0.2, 0.25) is 0 Å². The molecule has 0 spiro atoms. The zero-order valence-corrected chi connectivity index (χ0v) is 14.7. The van der Waals surface area contributed by atoms with E-state index in [0.717, 1.165) is 12.2 Å². The Morgan fingerprint density at radius 3 is 2.26 bits per heavy atom. The minimum Gasteiger partial charge on any atom is -0.493 e. The van der Waals surface area contributed by atoms with Gasteiger partial charge in [0.1, 0.15) is 11.4 Å². The van der Waals surface area contributed by atoms with Gasteiger partial charge in [0.05, 0.1) is 13.2 Å². The zero-order chi connectivity index (χ0) is 17.7. The summed E-state index contributed by atoms with van der Waals surface area (Å²) in [4.78, 5) is 10.8. The first-order valence-electron chi connectivity index (χ1n) is 8.02. The lowest BCUT2D eigenvalue weighted by molar-refractivity contribution is -0.0611. The van der Waals surface area contributed by atoms with E-state index in [1.54, 1.807) is 12.1 Å². The molecule has 0 aliphatic rings. The third-order valence-electron chi connectivity index (χ3n) is 4.30. The van der Waals surface area contributed by atoms with Crippen molar-refractivity contribution in [2.45, 2.75) is 46.6 Å². The second-order valence-electron chi connectivity index (χ2n) is 7.12. The van der Waals surface area contributed by atoms with Crippen LogP contribution < -0.4 is 10.1 Å². The molecule has 1 amide bonds. The molecular weight excluding hydrogens is 294 g/mol. The van der Waals surface area contributed by atoms with E-state index in [4.69, 9.17) is 9.84 Å². The molecule has 0 radical (unpaired) electrons. The summed E-state index contributed by atoms with van der Waals surface area (Å²) in [6, 6.07) is 7.21. The zero-order valence-electron chi connectivity index (χ0n) is 14.7. The third-order valence-corrected chi connectivity index (χ3v) is 4.30. The molecule has 130 valence electrons. The second kappa shape index (κ2) is 7.68. The van der Waals surface area contributed by atoms with Crippen molar-refractivity contribution >= 4 is 6.09 Å². The summed E-state index contributed by atoms with van der Waals surface area (Å²) in [5.74, 6) is 1.23. The molecular formula is C18H29NO4. The normalized spacial score (nSPS) is 15.6. The summed E-state index contributed by atoms with van der Waals surface area (Å²) < 4.78 is 5.72. The summed E-state index contributed by atoms with van der Waals surface area (Å²) in [6.07, 6.45) is -0.0934. The van der Waals surface area contributed by atoms with E-state index >= 15 is 0 Å². The molecule has 3 N–H and O–H groups in total. The number of carboxylic acid groups (broad SMARTS) is 1. The van der Waals surface area contributed by atoms with E-state index in [-0.39, 0.29) is 6.54 Å². The van der Waals surface area contributed by atoms with Gasteiger partial charge in [-0.2, -0.15) is 0 Å². The van der Waals surface area contributed by atoms with Crippen molar-refractivity contribution in [3.05, 3.63) is 29.8 Å². The predicted molar refractivity (Wildman–Crippen MR) is 90.8 cm³/mol. The van der Waals surface area contributed by atoms with Crippen molar-refractivity contribution in [2.24, 2.45) is 11.3 Å². The second-order valence-corrected chi connectivity index (χ2v) is 7.12. The lowest BCUT2D eigenvalue weighted by Crippen LogP contribution is -2.49. The summed E-state index contributed by atoms with van der Waals surface area (Å²) in [5, 5.41) is 22.2. The molecule has 0 aliphatic heterocycles. The number of hydrogen-bond donors (Lipinski definition) is 3. The van der Waals surface area contributed by atoms with Crippen molar-refractivity contribution < 1.29 is 19.7 Å². The van der Waals surface area contributed by atoms with Crippen LogP contribution in [0.1, 0.15) is 46.6 Å². The highest BCUT2D eigenvalue weighted by Gasteiger charge is 2.41. The highest BCUT2D eigenvalue weighted by Crippen LogP contribution is 2.39. The number of benzene rings is 1. The molecule has 1 rings (SSSR count). The van der Waals surface area contributed by atoms with Crippen LogP contribution in [0.3, 0.4) is 0 Å². The average Bonchev–Trinajstić information content (AvgIpc) is 2.49. The Morgan fingerprint density at radius 2 is 1.83 bits per heavy atom. The van der Waals surface area contributed by atoms with E-state index in [9.17, 15) is 9.90 Å². The SMILES string of the molecule is CC[C@H](C)COc1ccc([C@@](O)(CNC(=O)O)C(C)(C)C)cc1. The molecule has 0 bridgehead atoms. The van der Waals surface area contributed by atoms with Crippen LogP contribution in [0, 0.1) is 11.3 Å². The highest BCUT2D eigenvalue weighted by atomic mass is 16.5. The number of carbonyl (C=O) groups is 1. The summed E-state index contributed by atoms with van der Waals surface area (Å²) in [6.45, 7) is 10.5. The van der Waals surface area contributed by atoms with Crippen LogP contribution in [-0.4, -0.2) is 29.5 Å². The van der Waals surface area contributed by atoms with Crippen molar-refractivity contribution in [3.8, 4) is 5.75 Å². The number of hydrogen-bond acceptors (Lipinski definition) is 3. The van der Waals surface area contributed by atoms with Crippen molar-refractivity contribution in [3.63, 3.8) is 0 Å². The molecule has 23 heavy (non-hydrogen) atoms. The fourth-order valence-electron chi connectivity index (χ4n) is 2.19. The van der Waals surface area contributed by atoms with Gasteiger partial charge >= 0.3 is 6.09 Å². The molecule has 0 heterocycles. The minimum absolute atomic E-state index is 0.0705. The summed E-state index contributed by atoms with van der Waals surface area (Å²) in [5.41, 5.74) is -1.18. The minimum atomic E-state index is -1.30. The molecule has 0 aliphatic carbocycles. The third kappa shape index (κ3) is 5.13. The quantitative estimate of drug-likeness (QED) is 0.716. The maximum Gasteiger partial charge on any atom is 0.404 e. The average molecular weight is 323 g/mol. The fourth-order valence-corrected chi connectivity index (χ4v) is 2.19. The fraction of sp³-hybridized carbons (Fsp3) is 0.611. The van der Waals surface area contributed by atoms with Crippen LogP contribution in [0.15, 0.2) is 24.3 Å². The van der Waals surface area contributed by atoms with Crippen LogP contribution in [0.4, 0.5) is 4.79 Å². The maximum absolute atomic E-state index is 11.0. The Labute approximate surface area is 138 Å². The monoisotopic (exact) mass is 323 g/mol. The lowest BCUT2D eigenvalue weighted by atomic mass is 9.72. The Bertz CT molecular complexity index is 507. The number of ether oxygens (including phenoxy) is 1. The Kier molecular flexibility index (Phi) is 6.45. The largest absolute Gasteiger partial charge is 0.493 e. The summed E-state index contributed by atoms with van der Waals surface area (Å²) in [7, 11) is 0. The van der Waals surface area contributed by atoms with Gasteiger partial charge in [-0.05, 0) is 29.0 Å². The number of nitrogens with one attached hydrogen (secondary N) is 1. The predicted octanol–water partition coefficient (Wildman–Crippen LogP) is 3.61. The van der Waals surface area contributed by atoms with E-state index < -0.39 is 17.1 Å². The molecule has 0 aromatic heterocycles. The van der Waals surface area contributed by atoms with Crippen LogP contribution in [0.5, 0.6) is 5.75 Å². The molecule has 5 heteroatoms. The number of amides is 1. The topological polar surface area (TPSA) is 78.8 Å². The van der Waals surface area contributed by atoms with E-state index in [2.05, 4.69) is 19.2 Å². The molecule has 1 aromatic rings. The van der Waals surface area contributed by atoms with E-state index in [1.807, 2.05) is 32.9 Å². The summed E-state index contributed by atoms with van der Waals surface area (Å²) >= 11 is 0. The van der Waals surface area contributed by atoms with Crippen molar-refractivity contribution in [2.75, 3.05) is 13.2 Å². The van der Waals surface area contributed by atoms with Gasteiger partial charge in [-0.1, -0.05) is 53.2 Å². The van der Waals surface area contributed by atoms with Crippen LogP contribution in [0.2, 0.25) is 0 Å². The number of rotatable bonds is 7. The van der Waals surface area contributed by atoms with Crippen molar-refractivity contribution in [1.82, 2.24) is 5.32 Å². The van der Waals surface area contributed by atoms with Gasteiger partial charge in [0.15, 0.2) is 0 Å². The first kappa shape index (κ1) is 19.3. The van der Waals surface area contributed by atoms with Gasteiger partial charge < -0.3 is 20.3 Å².